The lowest BCUT2D eigenvalue weighted by Gasteiger charge is -2.02. The van der Waals surface area contributed by atoms with E-state index in [9.17, 15) is 4.79 Å². The van der Waals surface area contributed by atoms with Crippen LogP contribution in [-0.4, -0.2) is 12.6 Å². The number of rotatable bonds is 3. The van der Waals surface area contributed by atoms with Crippen molar-refractivity contribution in [1.29, 1.82) is 0 Å². The van der Waals surface area contributed by atoms with Gasteiger partial charge in [0, 0.05) is 10.4 Å². The third-order valence-electron chi connectivity index (χ3n) is 3.60. The van der Waals surface area contributed by atoms with Crippen LogP contribution in [0.5, 0.6) is 0 Å². The molecule has 0 saturated heterocycles. The topological polar surface area (TPSA) is 26.3 Å². The maximum atomic E-state index is 11.8. The smallest absolute Gasteiger partial charge is 0.310 e. The molecule has 0 spiro atoms. The number of carbonyl (C=O) groups is 1. The van der Waals surface area contributed by atoms with Crippen molar-refractivity contribution in [3.05, 3.63) is 34.3 Å². The number of ether oxygens (including phenoxy) is 1. The summed E-state index contributed by atoms with van der Waals surface area (Å²) in [6, 6.07) is 8.20. The number of hydrogen-bond donors (Lipinski definition) is 0. The summed E-state index contributed by atoms with van der Waals surface area (Å²) in [4.78, 5) is 11.8. The Hall–Kier alpha value is -0.830. The van der Waals surface area contributed by atoms with Crippen LogP contribution in [-0.2, 0) is 9.53 Å². The van der Waals surface area contributed by atoms with E-state index >= 15 is 0 Å². The van der Waals surface area contributed by atoms with Gasteiger partial charge >= 0.3 is 5.97 Å². The van der Waals surface area contributed by atoms with Crippen LogP contribution < -0.4 is 0 Å². The third kappa shape index (κ3) is 2.25. The van der Waals surface area contributed by atoms with Gasteiger partial charge < -0.3 is 4.74 Å². The average Bonchev–Trinajstić information content (AvgIpc) is 2.83. The van der Waals surface area contributed by atoms with Gasteiger partial charge in [-0.15, -0.1) is 0 Å². The molecule has 0 heterocycles. The van der Waals surface area contributed by atoms with Gasteiger partial charge in [0.15, 0.2) is 0 Å². The van der Waals surface area contributed by atoms with E-state index in [2.05, 4.69) is 41.9 Å². The van der Waals surface area contributed by atoms with Gasteiger partial charge in [0.1, 0.15) is 0 Å². The molecule has 0 N–H and O–H groups in total. The molecule has 1 aromatic carbocycles. The van der Waals surface area contributed by atoms with Gasteiger partial charge in [-0.2, -0.15) is 0 Å². The zero-order chi connectivity index (χ0) is 12.6. The first-order chi connectivity index (χ1) is 7.98. The summed E-state index contributed by atoms with van der Waals surface area (Å²) >= 11 is 3.42. The minimum Gasteiger partial charge on any atom is -0.466 e. The third-order valence-corrected chi connectivity index (χ3v) is 4.13. The van der Waals surface area contributed by atoms with E-state index in [4.69, 9.17) is 4.74 Å². The standard InChI is InChI=1S/C14H17BrO2/c1-4-17-13(16)12-11(14(12,2)3)9-5-7-10(15)8-6-9/h5-8,11-12H,4H2,1-3H3/t11-,12+/m0/s1. The Morgan fingerprint density at radius 1 is 1.35 bits per heavy atom. The molecular formula is C14H17BrO2. The molecule has 1 aliphatic carbocycles. The van der Waals surface area contributed by atoms with Crippen LogP contribution >= 0.6 is 15.9 Å². The normalized spacial score (nSPS) is 25.4. The Bertz CT molecular complexity index is 422. The summed E-state index contributed by atoms with van der Waals surface area (Å²) < 4.78 is 6.19. The Morgan fingerprint density at radius 3 is 2.47 bits per heavy atom. The predicted octanol–water partition coefficient (Wildman–Crippen LogP) is 3.75. The second-order valence-electron chi connectivity index (χ2n) is 5.08. The van der Waals surface area contributed by atoms with E-state index in [-0.39, 0.29) is 23.2 Å². The lowest BCUT2D eigenvalue weighted by molar-refractivity contribution is -0.145. The Morgan fingerprint density at radius 2 is 1.94 bits per heavy atom. The predicted molar refractivity (Wildman–Crippen MR) is 70.8 cm³/mol. The molecule has 0 radical (unpaired) electrons. The highest BCUT2D eigenvalue weighted by Crippen LogP contribution is 2.64. The fourth-order valence-corrected chi connectivity index (χ4v) is 2.87. The van der Waals surface area contributed by atoms with Crippen LogP contribution in [0, 0.1) is 11.3 Å². The summed E-state index contributed by atoms with van der Waals surface area (Å²) in [5.41, 5.74) is 1.23. The molecule has 0 aromatic heterocycles. The van der Waals surface area contributed by atoms with E-state index in [0.29, 0.717) is 6.61 Å². The summed E-state index contributed by atoms with van der Waals surface area (Å²) in [6.07, 6.45) is 0. The Labute approximate surface area is 110 Å². The first-order valence-corrected chi connectivity index (χ1v) is 6.70. The highest BCUT2D eigenvalue weighted by molar-refractivity contribution is 9.10. The minimum absolute atomic E-state index is 0.00336. The van der Waals surface area contributed by atoms with Gasteiger partial charge in [-0.3, -0.25) is 4.79 Å². The molecule has 0 aliphatic heterocycles. The zero-order valence-electron chi connectivity index (χ0n) is 10.4. The fourth-order valence-electron chi connectivity index (χ4n) is 2.60. The highest BCUT2D eigenvalue weighted by Gasteiger charge is 2.63. The van der Waals surface area contributed by atoms with E-state index in [1.54, 1.807) is 0 Å². The average molecular weight is 297 g/mol. The van der Waals surface area contributed by atoms with Crippen LogP contribution in [0.2, 0.25) is 0 Å². The summed E-state index contributed by atoms with van der Waals surface area (Å²) in [6.45, 7) is 6.56. The molecule has 2 nitrogen and oxygen atoms in total. The van der Waals surface area contributed by atoms with E-state index in [1.165, 1.54) is 5.56 Å². The molecule has 0 bridgehead atoms. The van der Waals surface area contributed by atoms with Crippen molar-refractivity contribution in [3.8, 4) is 0 Å². The second-order valence-corrected chi connectivity index (χ2v) is 6.00. The first-order valence-electron chi connectivity index (χ1n) is 5.90. The molecule has 1 aliphatic rings. The largest absolute Gasteiger partial charge is 0.466 e. The van der Waals surface area contributed by atoms with Crippen LogP contribution in [0.15, 0.2) is 28.7 Å². The first kappa shape index (κ1) is 12.6. The van der Waals surface area contributed by atoms with Crippen molar-refractivity contribution in [3.63, 3.8) is 0 Å². The quantitative estimate of drug-likeness (QED) is 0.794. The Kier molecular flexibility index (Phi) is 3.30. The Balaban J connectivity index is 2.18. The molecule has 3 heteroatoms. The molecule has 0 unspecified atom stereocenters. The van der Waals surface area contributed by atoms with Gasteiger partial charge in [-0.1, -0.05) is 41.9 Å². The van der Waals surface area contributed by atoms with E-state index in [1.807, 2.05) is 19.1 Å². The zero-order valence-corrected chi connectivity index (χ0v) is 12.0. The molecular weight excluding hydrogens is 280 g/mol. The van der Waals surface area contributed by atoms with Crippen molar-refractivity contribution in [1.82, 2.24) is 0 Å². The van der Waals surface area contributed by atoms with Gasteiger partial charge in [0.25, 0.3) is 0 Å². The lowest BCUT2D eigenvalue weighted by atomic mass is 10.0. The van der Waals surface area contributed by atoms with Gasteiger partial charge in [0.2, 0.25) is 0 Å². The van der Waals surface area contributed by atoms with Crippen LogP contribution in [0.3, 0.4) is 0 Å². The van der Waals surface area contributed by atoms with Crippen molar-refractivity contribution < 1.29 is 9.53 Å². The second kappa shape index (κ2) is 4.45. The number of halogens is 1. The molecule has 2 rings (SSSR count). The minimum atomic E-state index is -0.0644. The van der Waals surface area contributed by atoms with E-state index in [0.717, 1.165) is 4.47 Å². The van der Waals surface area contributed by atoms with Gasteiger partial charge in [0.05, 0.1) is 12.5 Å². The summed E-state index contributed by atoms with van der Waals surface area (Å²) in [5.74, 6) is 0.226. The van der Waals surface area contributed by atoms with Crippen molar-refractivity contribution in [2.24, 2.45) is 11.3 Å². The highest BCUT2D eigenvalue weighted by atomic mass is 79.9. The molecule has 17 heavy (non-hydrogen) atoms. The van der Waals surface area contributed by atoms with Crippen molar-refractivity contribution in [2.75, 3.05) is 6.61 Å². The van der Waals surface area contributed by atoms with E-state index < -0.39 is 0 Å². The number of esters is 1. The van der Waals surface area contributed by atoms with Crippen LogP contribution in [0.1, 0.15) is 32.3 Å². The van der Waals surface area contributed by atoms with Gasteiger partial charge in [-0.25, -0.2) is 0 Å². The maximum Gasteiger partial charge on any atom is 0.310 e. The molecule has 1 saturated carbocycles. The number of benzene rings is 1. The van der Waals surface area contributed by atoms with Crippen molar-refractivity contribution >= 4 is 21.9 Å². The van der Waals surface area contributed by atoms with Crippen LogP contribution in [0.4, 0.5) is 0 Å². The summed E-state index contributed by atoms with van der Waals surface area (Å²) in [7, 11) is 0. The monoisotopic (exact) mass is 296 g/mol. The van der Waals surface area contributed by atoms with Crippen LogP contribution in [0.25, 0.3) is 0 Å². The molecule has 2 atom stereocenters. The van der Waals surface area contributed by atoms with Gasteiger partial charge in [-0.05, 0) is 30.0 Å². The fraction of sp³-hybridized carbons (Fsp3) is 0.500. The molecule has 92 valence electrons. The number of hydrogen-bond acceptors (Lipinski definition) is 2. The van der Waals surface area contributed by atoms with Crippen molar-refractivity contribution in [2.45, 2.75) is 26.7 Å². The molecule has 1 aromatic rings. The number of carbonyl (C=O) groups excluding carboxylic acids is 1. The maximum absolute atomic E-state index is 11.8. The summed E-state index contributed by atoms with van der Waals surface area (Å²) in [5, 5.41) is 0. The lowest BCUT2D eigenvalue weighted by Crippen LogP contribution is -2.10. The SMILES string of the molecule is CCOC(=O)[C@H]1[C@H](c2ccc(Br)cc2)C1(C)C. The molecule has 0 amide bonds. The molecule has 1 fully saturated rings.